The van der Waals surface area contributed by atoms with Gasteiger partial charge in [0.05, 0.1) is 11.4 Å². The van der Waals surface area contributed by atoms with Crippen molar-refractivity contribution in [3.05, 3.63) is 54.1 Å². The molecule has 4 amide bonds. The van der Waals surface area contributed by atoms with Crippen molar-refractivity contribution in [2.45, 2.75) is 30.6 Å². The Hall–Kier alpha value is -3.44. The fourth-order valence-electron chi connectivity index (χ4n) is 4.08. The summed E-state index contributed by atoms with van der Waals surface area (Å²) in [5.41, 5.74) is 1.30. The van der Waals surface area contributed by atoms with Crippen molar-refractivity contribution in [3.8, 4) is 0 Å². The largest absolute Gasteiger partial charge is 0.354 e. The van der Waals surface area contributed by atoms with Crippen molar-refractivity contribution in [3.63, 3.8) is 0 Å². The minimum atomic E-state index is -3.90. The molecule has 2 aliphatic heterocycles. The summed E-state index contributed by atoms with van der Waals surface area (Å²) in [6.45, 7) is 1.66. The Balaban J connectivity index is 1.39. The normalized spacial score (nSPS) is 17.3. The maximum absolute atomic E-state index is 12.9. The van der Waals surface area contributed by atoms with Crippen LogP contribution in [0.2, 0.25) is 0 Å². The van der Waals surface area contributed by atoms with Crippen LogP contribution in [0.25, 0.3) is 0 Å². The number of benzene rings is 2. The lowest BCUT2D eigenvalue weighted by Gasteiger charge is -2.26. The number of piperazine rings is 1. The Bertz CT molecular complexity index is 1190. The molecule has 2 aliphatic rings. The molecule has 0 saturated carbocycles. The topological polar surface area (TPSA) is 128 Å². The van der Waals surface area contributed by atoms with Crippen LogP contribution < -0.4 is 16.0 Å². The second-order valence-corrected chi connectivity index (χ2v) is 10.5. The third-order valence-electron chi connectivity index (χ3n) is 6.02. The first-order valence-electron chi connectivity index (χ1n) is 11.7. The molecule has 35 heavy (non-hydrogen) atoms. The molecule has 0 bridgehead atoms. The molecule has 2 heterocycles. The first kappa shape index (κ1) is 24.7. The number of nitrogens with zero attached hydrogens (tertiary/aromatic N) is 2. The van der Waals surface area contributed by atoms with E-state index < -0.39 is 15.9 Å². The molecule has 4 rings (SSSR count). The minimum Gasteiger partial charge on any atom is -0.354 e. The summed E-state index contributed by atoms with van der Waals surface area (Å²) < 4.78 is 26.9. The van der Waals surface area contributed by atoms with E-state index in [2.05, 4.69) is 16.0 Å². The van der Waals surface area contributed by atoms with Crippen molar-refractivity contribution in [2.75, 3.05) is 43.4 Å². The molecule has 0 unspecified atom stereocenters. The van der Waals surface area contributed by atoms with Crippen molar-refractivity contribution in [2.24, 2.45) is 0 Å². The fraction of sp³-hybridized carbons (Fsp3) is 0.375. The van der Waals surface area contributed by atoms with Crippen molar-refractivity contribution < 1.29 is 22.8 Å². The number of sulfonamides is 1. The number of urea groups is 1. The van der Waals surface area contributed by atoms with Gasteiger partial charge in [-0.3, -0.25) is 9.59 Å². The lowest BCUT2D eigenvalue weighted by molar-refractivity contribution is -0.122. The maximum atomic E-state index is 12.9. The number of anilines is 2. The Morgan fingerprint density at radius 2 is 1.51 bits per heavy atom. The highest BCUT2D eigenvalue weighted by atomic mass is 32.2. The van der Waals surface area contributed by atoms with E-state index in [4.69, 9.17) is 0 Å². The molecule has 10 nitrogen and oxygen atoms in total. The number of nitrogens with one attached hydrogen (secondary N) is 3. The Morgan fingerprint density at radius 1 is 0.857 bits per heavy atom. The third-order valence-corrected chi connectivity index (χ3v) is 7.87. The van der Waals surface area contributed by atoms with Crippen molar-refractivity contribution in [1.82, 2.24) is 14.5 Å². The second-order valence-electron chi connectivity index (χ2n) is 8.58. The Morgan fingerprint density at radius 3 is 2.17 bits per heavy atom. The number of rotatable bonds is 5. The van der Waals surface area contributed by atoms with E-state index in [0.29, 0.717) is 11.4 Å². The van der Waals surface area contributed by atoms with Crippen LogP contribution >= 0.6 is 0 Å². The maximum Gasteiger partial charge on any atom is 0.321 e. The first-order chi connectivity index (χ1) is 16.8. The van der Waals surface area contributed by atoms with Gasteiger partial charge in [0.25, 0.3) is 5.91 Å². The predicted octanol–water partition coefficient (Wildman–Crippen LogP) is 2.47. The summed E-state index contributed by atoms with van der Waals surface area (Å²) in [6, 6.07) is 12.3. The number of hydrogen-bond donors (Lipinski definition) is 3. The molecule has 2 aromatic carbocycles. The summed E-state index contributed by atoms with van der Waals surface area (Å²) in [6.07, 6.45) is 4.30. The van der Waals surface area contributed by atoms with Crippen LogP contribution in [0.4, 0.5) is 16.2 Å². The average molecular weight is 500 g/mol. The van der Waals surface area contributed by atoms with Gasteiger partial charge in [0.1, 0.15) is 0 Å². The monoisotopic (exact) mass is 499 g/mol. The number of amides is 4. The van der Waals surface area contributed by atoms with Crippen LogP contribution in [0.5, 0.6) is 0 Å². The van der Waals surface area contributed by atoms with E-state index in [1.54, 1.807) is 24.3 Å². The highest BCUT2D eigenvalue weighted by molar-refractivity contribution is 7.89. The third kappa shape index (κ3) is 6.17. The molecule has 0 atom stereocenters. The molecule has 0 radical (unpaired) electrons. The van der Waals surface area contributed by atoms with E-state index in [-0.39, 0.29) is 42.0 Å². The fourth-order valence-corrected chi connectivity index (χ4v) is 5.53. The van der Waals surface area contributed by atoms with E-state index in [9.17, 15) is 22.8 Å². The van der Waals surface area contributed by atoms with Gasteiger partial charge in [0.15, 0.2) is 0 Å². The Labute approximate surface area is 204 Å². The quantitative estimate of drug-likeness (QED) is 0.582. The molecular weight excluding hydrogens is 470 g/mol. The molecule has 2 fully saturated rings. The van der Waals surface area contributed by atoms with Gasteiger partial charge in [-0.05, 0) is 55.3 Å². The van der Waals surface area contributed by atoms with Crippen LogP contribution in [0.3, 0.4) is 0 Å². The van der Waals surface area contributed by atoms with Crippen LogP contribution in [0.15, 0.2) is 53.4 Å². The molecule has 0 aliphatic carbocycles. The zero-order chi connectivity index (χ0) is 24.8. The summed E-state index contributed by atoms with van der Waals surface area (Å²) in [5, 5.41) is 8.22. The minimum absolute atomic E-state index is 0.0496. The molecule has 0 aromatic heterocycles. The van der Waals surface area contributed by atoms with Gasteiger partial charge in [-0.1, -0.05) is 18.9 Å². The smallest absolute Gasteiger partial charge is 0.321 e. The lowest BCUT2D eigenvalue weighted by atomic mass is 10.2. The van der Waals surface area contributed by atoms with Crippen LogP contribution in [-0.2, 0) is 14.8 Å². The van der Waals surface area contributed by atoms with Crippen LogP contribution in [0.1, 0.15) is 36.0 Å². The van der Waals surface area contributed by atoms with Crippen molar-refractivity contribution >= 4 is 39.2 Å². The highest BCUT2D eigenvalue weighted by Crippen LogP contribution is 2.20. The number of hydrogen-bond acceptors (Lipinski definition) is 5. The van der Waals surface area contributed by atoms with Crippen LogP contribution in [-0.4, -0.2) is 68.2 Å². The van der Waals surface area contributed by atoms with Gasteiger partial charge < -0.3 is 20.9 Å². The van der Waals surface area contributed by atoms with Gasteiger partial charge in [-0.15, -0.1) is 0 Å². The zero-order valence-electron chi connectivity index (χ0n) is 19.3. The summed E-state index contributed by atoms with van der Waals surface area (Å²) in [4.78, 5) is 38.6. The summed E-state index contributed by atoms with van der Waals surface area (Å²) in [5.74, 6) is -0.834. The van der Waals surface area contributed by atoms with E-state index in [1.807, 2.05) is 4.90 Å². The molecule has 11 heteroatoms. The van der Waals surface area contributed by atoms with E-state index in [1.165, 1.54) is 24.3 Å². The Kier molecular flexibility index (Phi) is 7.67. The molecular formula is C24H29N5O5S. The molecule has 2 saturated heterocycles. The highest BCUT2D eigenvalue weighted by Gasteiger charge is 2.29. The van der Waals surface area contributed by atoms with Gasteiger partial charge in [0, 0.05) is 43.1 Å². The zero-order valence-corrected chi connectivity index (χ0v) is 20.1. The number of carbonyl (C=O) groups is 3. The average Bonchev–Trinajstić information content (AvgIpc) is 3.15. The number of carbonyl (C=O) groups excluding carboxylic acids is 3. The summed E-state index contributed by atoms with van der Waals surface area (Å²) >= 11 is 0. The lowest BCUT2D eigenvalue weighted by Crippen LogP contribution is -2.49. The van der Waals surface area contributed by atoms with Crippen LogP contribution in [0, 0.1) is 0 Å². The van der Waals surface area contributed by atoms with E-state index in [0.717, 1.165) is 43.1 Å². The molecule has 3 N–H and O–H groups in total. The van der Waals surface area contributed by atoms with E-state index >= 15 is 0 Å². The van der Waals surface area contributed by atoms with Crippen molar-refractivity contribution in [1.29, 1.82) is 0 Å². The SMILES string of the molecule is O=C1CN(S(=O)(=O)c2cccc(C(=O)Nc3ccc(NC(=O)N4CCCCCC4)cc3)c2)CCN1. The van der Waals surface area contributed by atoms with Gasteiger partial charge in [-0.2, -0.15) is 4.31 Å². The molecule has 186 valence electrons. The molecule has 2 aromatic rings. The van der Waals surface area contributed by atoms with Gasteiger partial charge >= 0.3 is 6.03 Å². The molecule has 0 spiro atoms. The summed E-state index contributed by atoms with van der Waals surface area (Å²) in [7, 11) is -3.90. The van der Waals surface area contributed by atoms with Gasteiger partial charge in [-0.25, -0.2) is 13.2 Å². The van der Waals surface area contributed by atoms with Gasteiger partial charge in [0.2, 0.25) is 15.9 Å². The predicted molar refractivity (Wildman–Crippen MR) is 132 cm³/mol. The first-order valence-corrected chi connectivity index (χ1v) is 13.1. The standard InChI is InChI=1S/C24H29N5O5S/c30-22-17-29(15-12-25-22)35(33,34)21-7-5-6-18(16-21)23(31)26-19-8-10-20(11-9-19)27-24(32)28-13-3-1-2-4-14-28/h5-11,16H,1-4,12-15,17H2,(H,25,30)(H,26,31)(H,27,32). The second kappa shape index (κ2) is 10.9. The number of likely N-dealkylation sites (tertiary alicyclic amines) is 1.